The fraction of sp³-hybridized carbons (Fsp3) is 0.227. The molecule has 0 spiro atoms. The van der Waals surface area contributed by atoms with Crippen molar-refractivity contribution in [2.24, 2.45) is 5.92 Å². The van der Waals surface area contributed by atoms with Gasteiger partial charge in [-0.2, -0.15) is 0 Å². The number of ether oxygens (including phenoxy) is 1. The van der Waals surface area contributed by atoms with E-state index in [0.29, 0.717) is 18.1 Å². The Morgan fingerprint density at radius 3 is 2.57 bits per heavy atom. The van der Waals surface area contributed by atoms with Gasteiger partial charge in [-0.25, -0.2) is 0 Å². The molecule has 2 aromatic carbocycles. The summed E-state index contributed by atoms with van der Waals surface area (Å²) < 4.78 is 5.64. The average Bonchev–Trinajstić information content (AvgIpc) is 2.66. The second-order valence-corrected chi connectivity index (χ2v) is 7.37. The zero-order valence-corrected chi connectivity index (χ0v) is 17.0. The highest BCUT2D eigenvalue weighted by Crippen LogP contribution is 2.22. The Balaban J connectivity index is 1.64. The van der Waals surface area contributed by atoms with Gasteiger partial charge < -0.3 is 10.1 Å². The second kappa shape index (κ2) is 8.80. The monoisotopic (exact) mass is 393 g/mol. The number of amides is 1. The van der Waals surface area contributed by atoms with Gasteiger partial charge in [0, 0.05) is 22.3 Å². The van der Waals surface area contributed by atoms with Crippen LogP contribution in [-0.2, 0) is 0 Å². The predicted octanol–water partition coefficient (Wildman–Crippen LogP) is 4.70. The molecule has 0 unspecified atom stereocenters. The second-order valence-electron chi connectivity index (χ2n) is 6.96. The molecule has 2 N–H and O–H groups in total. The molecule has 28 heavy (non-hydrogen) atoms. The van der Waals surface area contributed by atoms with Crippen LogP contribution in [0.3, 0.4) is 0 Å². The number of pyridine rings is 1. The fourth-order valence-electron chi connectivity index (χ4n) is 2.66. The summed E-state index contributed by atoms with van der Waals surface area (Å²) in [6.45, 7) is 6.76. The number of rotatable bonds is 5. The first kappa shape index (κ1) is 19.8. The maximum absolute atomic E-state index is 12.4. The zero-order chi connectivity index (χ0) is 20.1. The van der Waals surface area contributed by atoms with Crippen molar-refractivity contribution in [3.05, 3.63) is 65.9 Å². The van der Waals surface area contributed by atoms with Crippen molar-refractivity contribution in [3.63, 3.8) is 0 Å². The number of aromatic nitrogens is 1. The minimum Gasteiger partial charge on any atom is -0.493 e. The van der Waals surface area contributed by atoms with E-state index in [-0.39, 0.29) is 11.0 Å². The number of nitrogens with zero attached hydrogens (tertiary/aromatic N) is 1. The van der Waals surface area contributed by atoms with Gasteiger partial charge in [0.25, 0.3) is 5.91 Å². The first-order chi connectivity index (χ1) is 13.4. The summed E-state index contributed by atoms with van der Waals surface area (Å²) in [6.07, 6.45) is 0. The molecule has 1 aromatic heterocycles. The van der Waals surface area contributed by atoms with Gasteiger partial charge >= 0.3 is 0 Å². The molecule has 0 saturated heterocycles. The molecule has 0 atom stereocenters. The Morgan fingerprint density at radius 1 is 1.11 bits per heavy atom. The number of carbonyl (C=O) groups is 1. The van der Waals surface area contributed by atoms with Gasteiger partial charge in [-0.3, -0.25) is 15.1 Å². The summed E-state index contributed by atoms with van der Waals surface area (Å²) in [4.78, 5) is 16.9. The molecule has 0 aliphatic rings. The van der Waals surface area contributed by atoms with Crippen LogP contribution < -0.4 is 15.4 Å². The molecule has 144 valence electrons. The van der Waals surface area contributed by atoms with E-state index >= 15 is 0 Å². The molecule has 0 bridgehead atoms. The fourth-order valence-corrected chi connectivity index (χ4v) is 2.86. The van der Waals surface area contributed by atoms with Crippen molar-refractivity contribution in [1.82, 2.24) is 10.3 Å². The minimum atomic E-state index is -0.276. The van der Waals surface area contributed by atoms with Crippen LogP contribution in [0, 0.1) is 12.8 Å². The number of fused-ring (bicyclic) bond motifs is 1. The SMILES string of the molecule is Cc1ccc2c(NC(=S)NC(=O)c3ccc(OCC(C)C)cc3)cccc2n1. The van der Waals surface area contributed by atoms with Crippen LogP contribution in [0.2, 0.25) is 0 Å². The third-order valence-corrected chi connectivity index (χ3v) is 4.25. The van der Waals surface area contributed by atoms with Crippen molar-refractivity contribution in [1.29, 1.82) is 0 Å². The zero-order valence-electron chi connectivity index (χ0n) is 16.2. The number of hydrogen-bond donors (Lipinski definition) is 2. The number of thiocarbonyl (C=S) groups is 1. The van der Waals surface area contributed by atoms with Crippen LogP contribution in [0.15, 0.2) is 54.6 Å². The van der Waals surface area contributed by atoms with Crippen LogP contribution in [0.4, 0.5) is 5.69 Å². The lowest BCUT2D eigenvalue weighted by molar-refractivity contribution is 0.0977. The predicted molar refractivity (Wildman–Crippen MR) is 117 cm³/mol. The smallest absolute Gasteiger partial charge is 0.257 e. The van der Waals surface area contributed by atoms with E-state index in [0.717, 1.165) is 28.0 Å². The van der Waals surface area contributed by atoms with Gasteiger partial charge in [0.15, 0.2) is 5.11 Å². The Labute approximate surface area is 170 Å². The Bertz CT molecular complexity index is 1000. The number of hydrogen-bond acceptors (Lipinski definition) is 4. The molecule has 3 rings (SSSR count). The van der Waals surface area contributed by atoms with E-state index in [1.807, 2.05) is 37.3 Å². The van der Waals surface area contributed by atoms with Gasteiger partial charge in [-0.1, -0.05) is 19.9 Å². The normalized spacial score (nSPS) is 10.7. The molecular weight excluding hydrogens is 370 g/mol. The van der Waals surface area contributed by atoms with Crippen molar-refractivity contribution < 1.29 is 9.53 Å². The highest BCUT2D eigenvalue weighted by atomic mass is 32.1. The first-order valence-electron chi connectivity index (χ1n) is 9.14. The van der Waals surface area contributed by atoms with Crippen molar-refractivity contribution in [3.8, 4) is 5.75 Å². The summed E-state index contributed by atoms with van der Waals surface area (Å²) in [7, 11) is 0. The molecule has 0 aliphatic carbocycles. The Hall–Kier alpha value is -2.99. The van der Waals surface area contributed by atoms with Crippen molar-refractivity contribution >= 4 is 39.8 Å². The molecule has 6 heteroatoms. The molecule has 5 nitrogen and oxygen atoms in total. The van der Waals surface area contributed by atoms with Crippen molar-refractivity contribution in [2.75, 3.05) is 11.9 Å². The highest BCUT2D eigenvalue weighted by molar-refractivity contribution is 7.80. The van der Waals surface area contributed by atoms with E-state index in [1.54, 1.807) is 24.3 Å². The van der Waals surface area contributed by atoms with E-state index in [4.69, 9.17) is 17.0 Å². The van der Waals surface area contributed by atoms with E-state index in [1.165, 1.54) is 0 Å². The molecule has 0 fully saturated rings. The van der Waals surface area contributed by atoms with Crippen LogP contribution in [0.5, 0.6) is 5.75 Å². The minimum absolute atomic E-state index is 0.234. The quantitative estimate of drug-likeness (QED) is 0.615. The number of nitrogens with one attached hydrogen (secondary N) is 2. The lowest BCUT2D eigenvalue weighted by atomic mass is 10.1. The van der Waals surface area contributed by atoms with Gasteiger partial charge in [0.05, 0.1) is 12.1 Å². The average molecular weight is 394 g/mol. The molecule has 0 saturated carbocycles. The van der Waals surface area contributed by atoms with Gasteiger partial charge in [0.2, 0.25) is 0 Å². The van der Waals surface area contributed by atoms with Crippen molar-refractivity contribution in [2.45, 2.75) is 20.8 Å². The summed E-state index contributed by atoms with van der Waals surface area (Å²) in [5, 5.41) is 6.97. The summed E-state index contributed by atoms with van der Waals surface area (Å²) in [5.74, 6) is 0.909. The van der Waals surface area contributed by atoms with Gasteiger partial charge in [-0.05, 0) is 73.6 Å². The standard InChI is InChI=1S/C22H23N3O2S/c1-14(2)13-27-17-10-8-16(9-11-17)21(26)25-22(28)24-20-6-4-5-19-18(20)12-7-15(3)23-19/h4-12,14H,13H2,1-3H3,(H2,24,25,26,28). The van der Waals surface area contributed by atoms with Crippen LogP contribution in [0.25, 0.3) is 10.9 Å². The number of carbonyl (C=O) groups excluding carboxylic acids is 1. The summed E-state index contributed by atoms with van der Waals surface area (Å²) in [5.41, 5.74) is 3.13. The maximum Gasteiger partial charge on any atom is 0.257 e. The summed E-state index contributed by atoms with van der Waals surface area (Å²) in [6, 6.07) is 16.7. The number of benzene rings is 2. The first-order valence-corrected chi connectivity index (χ1v) is 9.55. The van der Waals surface area contributed by atoms with E-state index < -0.39 is 0 Å². The molecular formula is C22H23N3O2S. The molecule has 0 aliphatic heterocycles. The molecule has 1 heterocycles. The lowest BCUT2D eigenvalue weighted by Gasteiger charge is -2.12. The largest absolute Gasteiger partial charge is 0.493 e. The molecule has 0 radical (unpaired) electrons. The topological polar surface area (TPSA) is 63.2 Å². The number of aryl methyl sites for hydroxylation is 1. The van der Waals surface area contributed by atoms with E-state index in [9.17, 15) is 4.79 Å². The van der Waals surface area contributed by atoms with Gasteiger partial charge in [0.1, 0.15) is 5.75 Å². The third kappa shape index (κ3) is 5.04. The third-order valence-electron chi connectivity index (χ3n) is 4.05. The van der Waals surface area contributed by atoms with E-state index in [2.05, 4.69) is 29.5 Å². The lowest BCUT2D eigenvalue weighted by Crippen LogP contribution is -2.34. The van der Waals surface area contributed by atoms with Crippen LogP contribution >= 0.6 is 12.2 Å². The van der Waals surface area contributed by atoms with Gasteiger partial charge in [-0.15, -0.1) is 0 Å². The number of anilines is 1. The maximum atomic E-state index is 12.4. The summed E-state index contributed by atoms with van der Waals surface area (Å²) >= 11 is 5.31. The Morgan fingerprint density at radius 2 is 1.86 bits per heavy atom. The van der Waals surface area contributed by atoms with Crippen LogP contribution in [-0.4, -0.2) is 22.6 Å². The Kier molecular flexibility index (Phi) is 6.21. The highest BCUT2D eigenvalue weighted by Gasteiger charge is 2.10. The molecule has 1 amide bonds. The molecule has 3 aromatic rings. The van der Waals surface area contributed by atoms with Crippen LogP contribution in [0.1, 0.15) is 29.9 Å².